The van der Waals surface area contributed by atoms with Crippen molar-refractivity contribution in [1.82, 2.24) is 19.5 Å². The number of phosphoric ester groups is 1. The van der Waals surface area contributed by atoms with Crippen molar-refractivity contribution in [3.8, 4) is 11.5 Å². The first-order chi connectivity index (χ1) is 14.1. The Hall–Kier alpha value is -2.47. The maximum Gasteiger partial charge on any atom is 0.349 e. The Morgan fingerprint density at radius 1 is 1.30 bits per heavy atom. The van der Waals surface area contributed by atoms with Crippen LogP contribution in [-0.2, 0) is 20.2 Å². The molecule has 0 aliphatic carbocycles. The smallest absolute Gasteiger partial charge is 0.349 e. The first-order valence-electron chi connectivity index (χ1n) is 8.98. The van der Waals surface area contributed by atoms with Gasteiger partial charge in [-0.25, -0.2) is 9.78 Å². The van der Waals surface area contributed by atoms with E-state index >= 15 is 0 Å². The van der Waals surface area contributed by atoms with E-state index in [0.29, 0.717) is 11.0 Å². The van der Waals surface area contributed by atoms with Gasteiger partial charge in [-0.05, 0) is 37.1 Å². The molecule has 30 heavy (non-hydrogen) atoms. The van der Waals surface area contributed by atoms with Crippen molar-refractivity contribution in [3.05, 3.63) is 44.1 Å². The molecule has 13 heteroatoms. The van der Waals surface area contributed by atoms with E-state index in [-0.39, 0.29) is 18.1 Å². The van der Waals surface area contributed by atoms with Crippen molar-refractivity contribution in [2.24, 2.45) is 0 Å². The molecule has 0 amide bonds. The first-order valence-corrected chi connectivity index (χ1v) is 10.4. The summed E-state index contributed by atoms with van der Waals surface area (Å²) in [6.45, 7) is 2.96. The molecule has 0 spiro atoms. The number of nitrogens with zero attached hydrogens (tertiary/aromatic N) is 3. The third-order valence-electron chi connectivity index (χ3n) is 5.03. The van der Waals surface area contributed by atoms with Crippen LogP contribution >= 0.6 is 7.82 Å². The Kier molecular flexibility index (Phi) is 5.09. The number of aliphatic hydroxyl groups is 2. The van der Waals surface area contributed by atoms with E-state index in [2.05, 4.69) is 19.0 Å². The van der Waals surface area contributed by atoms with Gasteiger partial charge in [0.05, 0.1) is 24.2 Å². The minimum Gasteiger partial charge on any atom is -0.756 e. The van der Waals surface area contributed by atoms with Gasteiger partial charge in [-0.3, -0.25) is 14.3 Å². The minimum atomic E-state index is -4.52. The molecular formula is C17H18N4O8P-. The highest BCUT2D eigenvalue weighted by atomic mass is 31.2. The number of aromatic amines is 1. The zero-order chi connectivity index (χ0) is 21.8. The van der Waals surface area contributed by atoms with Crippen LogP contribution in [0.15, 0.2) is 21.7 Å². The number of hydrogen-bond donors (Lipinski definition) is 3. The first kappa shape index (κ1) is 20.8. The van der Waals surface area contributed by atoms with Crippen LogP contribution in [0.25, 0.3) is 22.6 Å². The van der Waals surface area contributed by atoms with Crippen LogP contribution < -0.4 is 16.1 Å². The average Bonchev–Trinajstić information content (AvgIpc) is 3.03. The van der Waals surface area contributed by atoms with E-state index in [9.17, 15) is 29.3 Å². The molecule has 3 aliphatic rings. The summed E-state index contributed by atoms with van der Waals surface area (Å²) in [5.41, 5.74) is 0.940. The standard InChI is InChI=1S/C17H19N4O8P/c1-7-3-9-10(4-8(7)2)21(15-13(18-9)16(24)20-17(25)19-15)5-11(22)14(23)12-6-28-30(26,27)29-12/h3-4,11-12,14,22-23H,5-6H2,1-2H3,(H,26,27)(H,20,24,25)/p-1. The van der Waals surface area contributed by atoms with Gasteiger partial charge >= 0.3 is 5.69 Å². The Bertz CT molecular complexity index is 1270. The number of fused-ring (bicyclic) bond motifs is 2. The fourth-order valence-corrected chi connectivity index (χ4v) is 4.24. The minimum absolute atomic E-state index is 0.0798. The number of H-pyrrole nitrogens is 1. The fraction of sp³-hybridized carbons (Fsp3) is 0.412. The molecule has 0 radical (unpaired) electrons. The number of nitrogens with one attached hydrogen (secondary N) is 1. The highest BCUT2D eigenvalue weighted by molar-refractivity contribution is 7.46. The monoisotopic (exact) mass is 437 g/mol. The lowest BCUT2D eigenvalue weighted by Crippen LogP contribution is -2.41. The van der Waals surface area contributed by atoms with Crippen LogP contribution in [0.1, 0.15) is 11.1 Å². The molecule has 0 bridgehead atoms. The normalized spacial score (nSPS) is 23.8. The SMILES string of the molecule is Cc1cc2nc3c(=O)[nH]c(=O)nc-3n(CC(O)C(O)C3COP(=O)([O-])O3)c2cc1C. The number of benzene rings is 1. The number of aryl methyl sites for hydroxylation is 2. The summed E-state index contributed by atoms with van der Waals surface area (Å²) in [6, 6.07) is 3.50. The maximum atomic E-state index is 12.3. The lowest BCUT2D eigenvalue weighted by Gasteiger charge is -2.25. The van der Waals surface area contributed by atoms with Gasteiger partial charge in [0.15, 0.2) is 11.5 Å². The summed E-state index contributed by atoms with van der Waals surface area (Å²) in [7, 11) is -4.52. The van der Waals surface area contributed by atoms with Crippen molar-refractivity contribution in [1.29, 1.82) is 0 Å². The number of aliphatic hydroxyl groups excluding tert-OH is 2. The molecule has 0 saturated carbocycles. The average molecular weight is 437 g/mol. The molecule has 1 fully saturated rings. The molecule has 1 saturated heterocycles. The van der Waals surface area contributed by atoms with Gasteiger partial charge in [-0.1, -0.05) is 0 Å². The van der Waals surface area contributed by atoms with Crippen LogP contribution in [0.3, 0.4) is 0 Å². The maximum absolute atomic E-state index is 12.3. The highest BCUT2D eigenvalue weighted by Crippen LogP contribution is 2.46. The van der Waals surface area contributed by atoms with Crippen molar-refractivity contribution < 1.29 is 28.7 Å². The number of aromatic nitrogens is 4. The molecule has 3 N–H and O–H groups in total. The second-order valence-electron chi connectivity index (χ2n) is 7.14. The van der Waals surface area contributed by atoms with Crippen molar-refractivity contribution >= 4 is 18.9 Å². The van der Waals surface area contributed by atoms with Crippen LogP contribution in [0.5, 0.6) is 0 Å². The molecular weight excluding hydrogens is 419 g/mol. The summed E-state index contributed by atoms with van der Waals surface area (Å²) in [6.07, 6.45) is -4.45. The van der Waals surface area contributed by atoms with Crippen molar-refractivity contribution in [2.45, 2.75) is 38.7 Å². The summed E-state index contributed by atoms with van der Waals surface area (Å²) >= 11 is 0. The predicted molar refractivity (Wildman–Crippen MR) is 101 cm³/mol. The highest BCUT2D eigenvalue weighted by Gasteiger charge is 2.37. The van der Waals surface area contributed by atoms with Crippen LogP contribution in [0.2, 0.25) is 0 Å². The Morgan fingerprint density at radius 2 is 2.00 bits per heavy atom. The van der Waals surface area contributed by atoms with Gasteiger partial charge in [0.25, 0.3) is 13.4 Å². The molecule has 4 atom stereocenters. The number of phosphoric acid groups is 1. The molecule has 4 rings (SSSR count). The third-order valence-corrected chi connectivity index (χ3v) is 6.02. The second-order valence-corrected chi connectivity index (χ2v) is 8.50. The van der Waals surface area contributed by atoms with Gasteiger partial charge in [-0.15, -0.1) is 0 Å². The van der Waals surface area contributed by atoms with E-state index in [1.165, 1.54) is 4.57 Å². The summed E-state index contributed by atoms with van der Waals surface area (Å²) < 4.78 is 21.8. The summed E-state index contributed by atoms with van der Waals surface area (Å²) in [4.78, 5) is 45.5. The summed E-state index contributed by atoms with van der Waals surface area (Å²) in [5, 5.41) is 20.9. The number of hydrogen-bond acceptors (Lipinski definition) is 10. The topological polar surface area (TPSA) is 180 Å². The molecule has 12 nitrogen and oxygen atoms in total. The molecule has 4 unspecified atom stereocenters. The second kappa shape index (κ2) is 7.34. The van der Waals surface area contributed by atoms with E-state index in [1.807, 2.05) is 18.8 Å². The molecule has 1 aromatic rings. The van der Waals surface area contributed by atoms with E-state index in [4.69, 9.17) is 0 Å². The molecule has 3 aliphatic heterocycles. The number of rotatable bonds is 4. The quantitative estimate of drug-likeness (QED) is 0.332. The third kappa shape index (κ3) is 3.69. The van der Waals surface area contributed by atoms with Gasteiger partial charge in [0.2, 0.25) is 0 Å². The van der Waals surface area contributed by atoms with E-state index < -0.39 is 44.0 Å². The Labute approximate surface area is 168 Å². The lowest BCUT2D eigenvalue weighted by molar-refractivity contribution is -0.216. The van der Waals surface area contributed by atoms with E-state index in [0.717, 1.165) is 11.1 Å². The predicted octanol–water partition coefficient (Wildman–Crippen LogP) is -1.19. The lowest BCUT2D eigenvalue weighted by atomic mass is 10.1. The van der Waals surface area contributed by atoms with Crippen LogP contribution in [-0.4, -0.2) is 54.7 Å². The molecule has 0 aromatic heterocycles. The van der Waals surface area contributed by atoms with Crippen LogP contribution in [0.4, 0.5) is 0 Å². The van der Waals surface area contributed by atoms with E-state index in [1.54, 1.807) is 12.1 Å². The van der Waals surface area contributed by atoms with Crippen molar-refractivity contribution in [2.75, 3.05) is 6.61 Å². The van der Waals surface area contributed by atoms with Gasteiger partial charge in [-0.2, -0.15) is 4.98 Å². The fourth-order valence-electron chi connectivity index (χ4n) is 3.33. The summed E-state index contributed by atoms with van der Waals surface area (Å²) in [5.74, 6) is -0.0798. The largest absolute Gasteiger partial charge is 0.756 e. The van der Waals surface area contributed by atoms with Crippen molar-refractivity contribution in [3.63, 3.8) is 0 Å². The Balaban J connectivity index is 1.83. The van der Waals surface area contributed by atoms with Gasteiger partial charge in [0.1, 0.15) is 18.3 Å². The molecule has 1 aromatic carbocycles. The van der Waals surface area contributed by atoms with Gasteiger partial charge in [0, 0.05) is 0 Å². The zero-order valence-corrected chi connectivity index (χ0v) is 16.8. The van der Waals surface area contributed by atoms with Gasteiger partial charge < -0.3 is 28.7 Å². The zero-order valence-electron chi connectivity index (χ0n) is 15.9. The molecule has 3 heterocycles. The Morgan fingerprint density at radius 3 is 2.67 bits per heavy atom. The van der Waals surface area contributed by atoms with Crippen LogP contribution in [0, 0.1) is 13.8 Å². The molecule has 160 valence electrons.